The van der Waals surface area contributed by atoms with Gasteiger partial charge in [-0.05, 0) is 44.4 Å². The van der Waals surface area contributed by atoms with Gasteiger partial charge in [-0.1, -0.05) is 23.7 Å². The first-order valence-electron chi connectivity index (χ1n) is 10.6. The lowest BCUT2D eigenvalue weighted by Crippen LogP contribution is -2.52. The van der Waals surface area contributed by atoms with Gasteiger partial charge in [0.15, 0.2) is 5.96 Å². The van der Waals surface area contributed by atoms with Gasteiger partial charge in [0.25, 0.3) is 0 Å². The monoisotopic (exact) mass is 416 g/mol. The molecule has 0 unspecified atom stereocenters. The maximum Gasteiger partial charge on any atom is 0.194 e. The molecule has 2 heterocycles. The first kappa shape index (κ1) is 21.7. The summed E-state index contributed by atoms with van der Waals surface area (Å²) in [5.74, 6) is 2.13. The Morgan fingerprint density at radius 3 is 2.55 bits per heavy atom. The molecule has 3 rings (SSSR count). The van der Waals surface area contributed by atoms with Gasteiger partial charge in [0, 0.05) is 69.8 Å². The largest absolute Gasteiger partial charge is 0.357 e. The van der Waals surface area contributed by atoms with Gasteiger partial charge in [0.05, 0.1) is 0 Å². The molecule has 1 aromatic heterocycles. The molecule has 1 aliphatic rings. The molecule has 0 saturated carbocycles. The SMILES string of the molecule is CCNC(=NCCCCn1ccnc1C)N1CCN(Cc2ccc(Cl)cc2)CC1. The van der Waals surface area contributed by atoms with Gasteiger partial charge < -0.3 is 14.8 Å². The predicted molar refractivity (Wildman–Crippen MR) is 120 cm³/mol. The molecule has 2 aromatic rings. The quantitative estimate of drug-likeness (QED) is 0.407. The Balaban J connectivity index is 1.42. The molecular weight excluding hydrogens is 384 g/mol. The van der Waals surface area contributed by atoms with Crippen LogP contribution in [0.2, 0.25) is 5.02 Å². The molecule has 0 amide bonds. The van der Waals surface area contributed by atoms with E-state index in [0.29, 0.717) is 0 Å². The van der Waals surface area contributed by atoms with Crippen molar-refractivity contribution in [2.24, 2.45) is 4.99 Å². The second-order valence-corrected chi connectivity index (χ2v) is 7.94. The molecule has 0 radical (unpaired) electrons. The minimum Gasteiger partial charge on any atom is -0.357 e. The second-order valence-electron chi connectivity index (χ2n) is 7.50. The number of aromatic nitrogens is 2. The highest BCUT2D eigenvalue weighted by Crippen LogP contribution is 2.13. The fourth-order valence-corrected chi connectivity index (χ4v) is 3.74. The van der Waals surface area contributed by atoms with E-state index in [1.54, 1.807) is 0 Å². The minimum atomic E-state index is 0.797. The molecule has 158 valence electrons. The van der Waals surface area contributed by atoms with Gasteiger partial charge in [0.2, 0.25) is 0 Å². The number of benzene rings is 1. The summed E-state index contributed by atoms with van der Waals surface area (Å²) in [5.41, 5.74) is 1.32. The van der Waals surface area contributed by atoms with E-state index in [1.165, 1.54) is 5.56 Å². The van der Waals surface area contributed by atoms with Crippen LogP contribution in [0, 0.1) is 6.92 Å². The smallest absolute Gasteiger partial charge is 0.194 e. The van der Waals surface area contributed by atoms with Crippen LogP contribution in [0.3, 0.4) is 0 Å². The van der Waals surface area contributed by atoms with E-state index in [0.717, 1.165) is 82.0 Å². The fourth-order valence-electron chi connectivity index (χ4n) is 3.61. The number of guanidine groups is 1. The summed E-state index contributed by atoms with van der Waals surface area (Å²) in [7, 11) is 0. The molecule has 1 aromatic carbocycles. The molecule has 0 spiro atoms. The summed E-state index contributed by atoms with van der Waals surface area (Å²) in [6.45, 7) is 12.1. The van der Waals surface area contributed by atoms with E-state index in [4.69, 9.17) is 16.6 Å². The molecule has 6 nitrogen and oxygen atoms in total. The highest BCUT2D eigenvalue weighted by molar-refractivity contribution is 6.30. The van der Waals surface area contributed by atoms with Crippen molar-refractivity contribution in [3.05, 3.63) is 53.1 Å². The average molecular weight is 417 g/mol. The number of nitrogens with one attached hydrogen (secondary N) is 1. The van der Waals surface area contributed by atoms with E-state index in [9.17, 15) is 0 Å². The number of halogens is 1. The van der Waals surface area contributed by atoms with Crippen LogP contribution in [0.4, 0.5) is 0 Å². The molecule has 0 aliphatic carbocycles. The third kappa shape index (κ3) is 6.75. The molecule has 1 fully saturated rings. The first-order valence-corrected chi connectivity index (χ1v) is 11.0. The number of rotatable bonds is 8. The van der Waals surface area contributed by atoms with E-state index in [1.807, 2.05) is 31.5 Å². The topological polar surface area (TPSA) is 48.7 Å². The molecular formula is C22H33ClN6. The number of aliphatic imine (C=N–C) groups is 1. The van der Waals surface area contributed by atoms with Crippen LogP contribution >= 0.6 is 11.6 Å². The highest BCUT2D eigenvalue weighted by Gasteiger charge is 2.19. The summed E-state index contributed by atoms with van der Waals surface area (Å²) >= 11 is 5.99. The average Bonchev–Trinajstić information content (AvgIpc) is 3.14. The zero-order valence-electron chi connectivity index (χ0n) is 17.6. The van der Waals surface area contributed by atoms with Gasteiger partial charge in [-0.15, -0.1) is 0 Å². The van der Waals surface area contributed by atoms with E-state index in [-0.39, 0.29) is 0 Å². The zero-order valence-corrected chi connectivity index (χ0v) is 18.4. The Kier molecular flexibility index (Phi) is 8.38. The normalized spacial score (nSPS) is 15.7. The Morgan fingerprint density at radius 1 is 1.14 bits per heavy atom. The number of hydrogen-bond acceptors (Lipinski definition) is 3. The molecule has 0 bridgehead atoms. The van der Waals surface area contributed by atoms with Gasteiger partial charge in [0.1, 0.15) is 5.82 Å². The van der Waals surface area contributed by atoms with Crippen LogP contribution in [-0.2, 0) is 13.1 Å². The Hall–Kier alpha value is -2.05. The van der Waals surface area contributed by atoms with Gasteiger partial charge in [-0.3, -0.25) is 9.89 Å². The van der Waals surface area contributed by atoms with Crippen molar-refractivity contribution in [1.82, 2.24) is 24.7 Å². The summed E-state index contributed by atoms with van der Waals surface area (Å²) < 4.78 is 2.20. The molecule has 7 heteroatoms. The Labute approximate surface area is 179 Å². The van der Waals surface area contributed by atoms with E-state index < -0.39 is 0 Å². The number of nitrogens with zero attached hydrogens (tertiary/aromatic N) is 5. The number of hydrogen-bond donors (Lipinski definition) is 1. The third-order valence-corrected chi connectivity index (χ3v) is 5.57. The second kappa shape index (κ2) is 11.2. The number of aryl methyl sites for hydroxylation is 2. The van der Waals surface area contributed by atoms with Crippen LogP contribution in [0.1, 0.15) is 31.2 Å². The van der Waals surface area contributed by atoms with Crippen molar-refractivity contribution < 1.29 is 0 Å². The maximum atomic E-state index is 5.99. The van der Waals surface area contributed by atoms with Crippen LogP contribution in [0.5, 0.6) is 0 Å². The van der Waals surface area contributed by atoms with Crippen LogP contribution in [0.15, 0.2) is 41.7 Å². The standard InChI is InChI=1S/C22H33ClN6/c1-3-24-22(26-10-4-5-12-28-13-11-25-19(28)2)29-16-14-27(15-17-29)18-20-6-8-21(23)9-7-20/h6-9,11,13H,3-5,10,12,14-18H2,1-2H3,(H,24,26). The van der Waals surface area contributed by atoms with E-state index in [2.05, 4.69) is 43.7 Å². The van der Waals surface area contributed by atoms with Crippen molar-refractivity contribution in [2.75, 3.05) is 39.3 Å². The number of unbranched alkanes of at least 4 members (excludes halogenated alkanes) is 1. The summed E-state index contributed by atoms with van der Waals surface area (Å²) in [6, 6.07) is 8.17. The van der Waals surface area contributed by atoms with Crippen molar-refractivity contribution in [3.8, 4) is 0 Å². The predicted octanol–water partition coefficient (Wildman–Crippen LogP) is 3.41. The zero-order chi connectivity index (χ0) is 20.5. The third-order valence-electron chi connectivity index (χ3n) is 5.32. The van der Waals surface area contributed by atoms with Crippen molar-refractivity contribution in [1.29, 1.82) is 0 Å². The van der Waals surface area contributed by atoms with Crippen molar-refractivity contribution in [3.63, 3.8) is 0 Å². The molecule has 0 atom stereocenters. The van der Waals surface area contributed by atoms with Crippen LogP contribution < -0.4 is 5.32 Å². The summed E-state index contributed by atoms with van der Waals surface area (Å²) in [6.07, 6.45) is 6.12. The minimum absolute atomic E-state index is 0.797. The van der Waals surface area contributed by atoms with E-state index >= 15 is 0 Å². The van der Waals surface area contributed by atoms with Crippen molar-refractivity contribution >= 4 is 17.6 Å². The summed E-state index contributed by atoms with van der Waals surface area (Å²) in [4.78, 5) is 14.0. The lowest BCUT2D eigenvalue weighted by atomic mass is 10.2. The lowest BCUT2D eigenvalue weighted by Gasteiger charge is -2.36. The maximum absolute atomic E-state index is 5.99. The number of piperazine rings is 1. The van der Waals surface area contributed by atoms with Gasteiger partial charge in [-0.2, -0.15) is 0 Å². The molecule has 29 heavy (non-hydrogen) atoms. The van der Waals surface area contributed by atoms with Crippen molar-refractivity contribution in [2.45, 2.75) is 39.8 Å². The molecule has 1 aliphatic heterocycles. The van der Waals surface area contributed by atoms with Gasteiger partial charge in [-0.25, -0.2) is 4.98 Å². The molecule has 1 N–H and O–H groups in total. The van der Waals surface area contributed by atoms with Crippen LogP contribution in [-0.4, -0.2) is 64.6 Å². The van der Waals surface area contributed by atoms with Crippen LogP contribution in [0.25, 0.3) is 0 Å². The van der Waals surface area contributed by atoms with Gasteiger partial charge >= 0.3 is 0 Å². The summed E-state index contributed by atoms with van der Waals surface area (Å²) in [5, 5.41) is 4.26. The number of imidazole rings is 1. The lowest BCUT2D eigenvalue weighted by molar-refractivity contribution is 0.172. The first-order chi connectivity index (χ1) is 14.2. The Bertz CT molecular complexity index is 762. The highest BCUT2D eigenvalue weighted by atomic mass is 35.5. The Morgan fingerprint density at radius 2 is 1.90 bits per heavy atom. The fraction of sp³-hybridized carbons (Fsp3) is 0.545. The molecule has 1 saturated heterocycles.